The van der Waals surface area contributed by atoms with E-state index >= 15 is 0 Å². The molecule has 0 aliphatic carbocycles. The van der Waals surface area contributed by atoms with Gasteiger partial charge in [-0.2, -0.15) is 18.3 Å². The van der Waals surface area contributed by atoms with Gasteiger partial charge in [0.15, 0.2) is 0 Å². The summed E-state index contributed by atoms with van der Waals surface area (Å²) < 4.78 is 44.4. The van der Waals surface area contributed by atoms with E-state index in [0.29, 0.717) is 26.2 Å². The van der Waals surface area contributed by atoms with E-state index in [-0.39, 0.29) is 41.2 Å². The maximum Gasteiger partial charge on any atom is 0.417 e. The molecule has 1 aliphatic heterocycles. The van der Waals surface area contributed by atoms with Crippen LogP contribution in [-0.2, 0) is 17.5 Å². The van der Waals surface area contributed by atoms with E-state index in [1.54, 1.807) is 9.80 Å². The van der Waals surface area contributed by atoms with E-state index in [9.17, 15) is 22.8 Å². The van der Waals surface area contributed by atoms with Crippen LogP contribution in [0.1, 0.15) is 16.1 Å². The van der Waals surface area contributed by atoms with E-state index in [4.69, 9.17) is 16.3 Å². The lowest BCUT2D eigenvalue weighted by Gasteiger charge is -2.35. The first-order valence-corrected chi connectivity index (χ1v) is 9.42. The molecule has 1 aliphatic rings. The number of hydrogen-bond donors (Lipinski definition) is 0. The van der Waals surface area contributed by atoms with Crippen LogP contribution >= 0.6 is 11.6 Å². The van der Waals surface area contributed by atoms with Crippen LogP contribution in [0.15, 0.2) is 29.2 Å². The number of rotatable bonds is 5. The Labute approximate surface area is 174 Å². The van der Waals surface area contributed by atoms with Crippen molar-refractivity contribution in [2.75, 3.05) is 44.8 Å². The molecule has 0 spiro atoms. The van der Waals surface area contributed by atoms with Crippen LogP contribution in [0, 0.1) is 0 Å². The number of carbonyl (C=O) groups excluding carboxylic acids is 1. The Balaban J connectivity index is 1.67. The molecule has 0 N–H and O–H groups in total. The van der Waals surface area contributed by atoms with Crippen molar-refractivity contribution in [1.82, 2.24) is 19.7 Å². The highest BCUT2D eigenvalue weighted by Crippen LogP contribution is 2.33. The van der Waals surface area contributed by atoms with Crippen LogP contribution in [0.3, 0.4) is 0 Å². The van der Waals surface area contributed by atoms with E-state index in [1.807, 2.05) is 0 Å². The summed E-state index contributed by atoms with van der Waals surface area (Å²) in [7, 11) is 1.50. The average molecular weight is 446 g/mol. The third kappa shape index (κ3) is 4.90. The third-order valence-corrected chi connectivity index (χ3v) is 4.89. The van der Waals surface area contributed by atoms with Gasteiger partial charge < -0.3 is 14.5 Å². The molecule has 0 radical (unpaired) electrons. The first kappa shape index (κ1) is 22.0. The number of ether oxygens (including phenoxy) is 1. The quantitative estimate of drug-likeness (QED) is 0.699. The molecule has 3 rings (SSSR count). The van der Waals surface area contributed by atoms with Crippen molar-refractivity contribution < 1.29 is 22.7 Å². The van der Waals surface area contributed by atoms with Gasteiger partial charge in [-0.15, -0.1) is 0 Å². The summed E-state index contributed by atoms with van der Waals surface area (Å²) >= 11 is 6.00. The number of alkyl halides is 3. The Morgan fingerprint density at radius 1 is 1.23 bits per heavy atom. The van der Waals surface area contributed by atoms with Gasteiger partial charge in [-0.3, -0.25) is 9.59 Å². The summed E-state index contributed by atoms with van der Waals surface area (Å²) in [5.74, 6) is -0.102. The molecular formula is C18H19ClF3N5O3. The highest BCUT2D eigenvalue weighted by atomic mass is 35.5. The van der Waals surface area contributed by atoms with Crippen molar-refractivity contribution in [3.8, 4) is 0 Å². The van der Waals surface area contributed by atoms with Crippen LogP contribution in [0.2, 0.25) is 5.02 Å². The zero-order valence-electron chi connectivity index (χ0n) is 16.0. The minimum Gasteiger partial charge on any atom is -0.383 e. The topological polar surface area (TPSA) is 80.6 Å². The van der Waals surface area contributed by atoms with Crippen LogP contribution in [0.5, 0.6) is 0 Å². The monoisotopic (exact) mass is 445 g/mol. The Hall–Kier alpha value is -2.66. The molecule has 8 nitrogen and oxygen atoms in total. The highest BCUT2D eigenvalue weighted by Gasteiger charge is 2.32. The maximum absolute atomic E-state index is 12.8. The molecule has 1 amide bonds. The Morgan fingerprint density at radius 3 is 2.53 bits per heavy atom. The van der Waals surface area contributed by atoms with Gasteiger partial charge in [-0.05, 0) is 12.1 Å². The van der Waals surface area contributed by atoms with Crippen LogP contribution in [0.4, 0.5) is 19.0 Å². The first-order chi connectivity index (χ1) is 14.2. The normalized spacial score (nSPS) is 14.8. The van der Waals surface area contributed by atoms with Gasteiger partial charge in [-0.1, -0.05) is 11.6 Å². The predicted octanol–water partition coefficient (Wildman–Crippen LogP) is 1.92. The van der Waals surface area contributed by atoms with Crippen LogP contribution < -0.4 is 10.5 Å². The second kappa shape index (κ2) is 9.00. The zero-order chi connectivity index (χ0) is 21.9. The number of carbonyl (C=O) groups is 1. The third-order valence-electron chi connectivity index (χ3n) is 4.61. The number of piperazine rings is 1. The number of nitrogens with zero attached hydrogens (tertiary/aromatic N) is 5. The number of aromatic nitrogens is 3. The van der Waals surface area contributed by atoms with Gasteiger partial charge in [0.2, 0.25) is 0 Å². The summed E-state index contributed by atoms with van der Waals surface area (Å²) in [4.78, 5) is 31.7. The first-order valence-electron chi connectivity index (χ1n) is 9.05. The molecular weight excluding hydrogens is 427 g/mol. The Morgan fingerprint density at radius 2 is 1.93 bits per heavy atom. The standard InChI is InChI=1S/C18H19ClF3N5O3/c1-30-9-8-27-15(28)3-2-14(24-27)17(29)26-6-4-25(5-7-26)16-13(19)10-12(11-23-16)18(20,21)22/h2-3,10-11H,4-9H2,1H3. The summed E-state index contributed by atoms with van der Waals surface area (Å²) in [6.07, 6.45) is -3.78. The number of amides is 1. The van der Waals surface area contributed by atoms with Gasteiger partial charge in [-0.25, -0.2) is 9.67 Å². The summed E-state index contributed by atoms with van der Waals surface area (Å²) in [5, 5.41) is 3.99. The molecule has 0 unspecified atom stereocenters. The molecule has 0 aromatic carbocycles. The molecule has 2 aromatic rings. The summed E-state index contributed by atoms with van der Waals surface area (Å²) in [6, 6.07) is 3.49. The SMILES string of the molecule is COCCn1nc(C(=O)N2CCN(c3ncc(C(F)(F)F)cc3Cl)CC2)ccc1=O. The summed E-state index contributed by atoms with van der Waals surface area (Å²) in [5.41, 5.74) is -1.12. The molecule has 0 atom stereocenters. The Bertz CT molecular complexity index is 974. The molecule has 1 fully saturated rings. The fourth-order valence-corrected chi connectivity index (χ4v) is 3.29. The molecule has 162 valence electrons. The van der Waals surface area contributed by atoms with E-state index in [0.717, 1.165) is 12.3 Å². The number of anilines is 1. The largest absolute Gasteiger partial charge is 0.417 e. The van der Waals surface area contributed by atoms with Crippen LogP contribution in [-0.4, -0.2) is 65.5 Å². The fraction of sp³-hybridized carbons (Fsp3) is 0.444. The second-order valence-electron chi connectivity index (χ2n) is 6.58. The van der Waals surface area contributed by atoms with E-state index in [1.165, 1.54) is 23.9 Å². The van der Waals surface area contributed by atoms with Crippen molar-refractivity contribution in [1.29, 1.82) is 0 Å². The number of halogens is 4. The minimum absolute atomic E-state index is 0.100. The lowest BCUT2D eigenvalue weighted by atomic mass is 10.2. The van der Waals surface area contributed by atoms with E-state index < -0.39 is 11.7 Å². The molecule has 2 aromatic heterocycles. The van der Waals surface area contributed by atoms with E-state index in [2.05, 4.69) is 10.1 Å². The second-order valence-corrected chi connectivity index (χ2v) is 6.99. The summed E-state index contributed by atoms with van der Waals surface area (Å²) in [6.45, 7) is 1.79. The number of pyridine rings is 1. The zero-order valence-corrected chi connectivity index (χ0v) is 16.8. The van der Waals surface area contributed by atoms with Gasteiger partial charge in [0.1, 0.15) is 11.5 Å². The Kier molecular flexibility index (Phi) is 6.61. The molecule has 0 saturated carbocycles. The minimum atomic E-state index is -4.52. The van der Waals surface area contributed by atoms with Crippen molar-refractivity contribution >= 4 is 23.3 Å². The van der Waals surface area contributed by atoms with Gasteiger partial charge in [0, 0.05) is 45.6 Å². The molecule has 0 bridgehead atoms. The molecule has 30 heavy (non-hydrogen) atoms. The number of methoxy groups -OCH3 is 1. The smallest absolute Gasteiger partial charge is 0.383 e. The van der Waals surface area contributed by atoms with Gasteiger partial charge in [0.25, 0.3) is 11.5 Å². The van der Waals surface area contributed by atoms with Crippen molar-refractivity contribution in [3.63, 3.8) is 0 Å². The van der Waals surface area contributed by atoms with Crippen LogP contribution in [0.25, 0.3) is 0 Å². The number of hydrogen-bond acceptors (Lipinski definition) is 6. The molecule has 12 heteroatoms. The lowest BCUT2D eigenvalue weighted by Crippen LogP contribution is -2.49. The fourth-order valence-electron chi connectivity index (χ4n) is 3.00. The van der Waals surface area contributed by atoms with Crippen molar-refractivity contribution in [2.45, 2.75) is 12.7 Å². The highest BCUT2D eigenvalue weighted by molar-refractivity contribution is 6.33. The van der Waals surface area contributed by atoms with Crippen molar-refractivity contribution in [2.24, 2.45) is 0 Å². The average Bonchev–Trinajstić information content (AvgIpc) is 2.72. The molecule has 1 saturated heterocycles. The lowest BCUT2D eigenvalue weighted by molar-refractivity contribution is -0.137. The van der Waals surface area contributed by atoms with Gasteiger partial charge >= 0.3 is 6.18 Å². The van der Waals surface area contributed by atoms with Gasteiger partial charge in [0.05, 0.1) is 23.7 Å². The predicted molar refractivity (Wildman–Crippen MR) is 103 cm³/mol. The van der Waals surface area contributed by atoms with Crippen molar-refractivity contribution in [3.05, 3.63) is 51.0 Å². The maximum atomic E-state index is 12.8. The molecule has 3 heterocycles.